The minimum absolute atomic E-state index is 0.129. The summed E-state index contributed by atoms with van der Waals surface area (Å²) >= 11 is 2.71. The zero-order valence-electron chi connectivity index (χ0n) is 10.3. The number of anilines is 1. The Labute approximate surface area is 114 Å². The lowest BCUT2D eigenvalue weighted by Crippen LogP contribution is -2.31. The summed E-state index contributed by atoms with van der Waals surface area (Å²) in [6.07, 6.45) is 5.41. The average Bonchev–Trinajstić information content (AvgIpc) is 2.99. The fraction of sp³-hybridized carbons (Fsp3) is 0.545. The Morgan fingerprint density at radius 2 is 2.44 bits per heavy atom. The highest BCUT2D eigenvalue weighted by Gasteiger charge is 2.19. The van der Waals surface area contributed by atoms with Gasteiger partial charge in [-0.2, -0.15) is 0 Å². The maximum atomic E-state index is 12.1. The number of amides is 1. The molecule has 7 heteroatoms. The lowest BCUT2D eigenvalue weighted by molar-refractivity contribution is -0.126. The number of allylic oxidation sites excluding steroid dienone is 2. The number of nitrogens with zero attached hydrogens (tertiary/aromatic N) is 3. The Morgan fingerprint density at radius 3 is 3.00 bits per heavy atom. The molecule has 1 heterocycles. The molecule has 1 aromatic rings. The topological polar surface area (TPSA) is 72.1 Å². The molecule has 1 aliphatic carbocycles. The molecule has 18 heavy (non-hydrogen) atoms. The van der Waals surface area contributed by atoms with Gasteiger partial charge in [-0.15, -0.1) is 10.2 Å². The summed E-state index contributed by atoms with van der Waals surface area (Å²) < 4.78 is 0.748. The van der Waals surface area contributed by atoms with Crippen molar-refractivity contribution in [3.8, 4) is 0 Å². The molecular formula is C11H16N4OS2. The van der Waals surface area contributed by atoms with Gasteiger partial charge in [-0.25, -0.2) is 0 Å². The number of nitrogens with two attached hydrogens (primary N) is 1. The summed E-state index contributed by atoms with van der Waals surface area (Å²) in [7, 11) is 0. The smallest absolute Gasteiger partial charge is 0.237 e. The Morgan fingerprint density at radius 1 is 1.61 bits per heavy atom. The van der Waals surface area contributed by atoms with Gasteiger partial charge in [0.2, 0.25) is 11.0 Å². The molecule has 0 radical (unpaired) electrons. The maximum absolute atomic E-state index is 12.1. The molecule has 0 fully saturated rings. The first-order valence-electron chi connectivity index (χ1n) is 5.92. The maximum Gasteiger partial charge on any atom is 0.237 e. The molecule has 0 atom stereocenters. The highest BCUT2D eigenvalue weighted by molar-refractivity contribution is 8.01. The Hall–Kier alpha value is -1.08. The number of aromatic nitrogens is 2. The normalized spacial score (nSPS) is 14.6. The second-order valence-corrected chi connectivity index (χ2v) is 6.15. The minimum atomic E-state index is 0.129. The summed E-state index contributed by atoms with van der Waals surface area (Å²) in [4.78, 5) is 14.0. The van der Waals surface area contributed by atoms with Gasteiger partial charge in [0, 0.05) is 12.2 Å². The number of hydrogen-bond acceptors (Lipinski definition) is 6. The van der Waals surface area contributed by atoms with Crippen LogP contribution in [0.1, 0.15) is 26.2 Å². The van der Waals surface area contributed by atoms with Crippen molar-refractivity contribution < 1.29 is 4.79 Å². The Bertz CT molecular complexity index is 458. The van der Waals surface area contributed by atoms with E-state index in [9.17, 15) is 4.79 Å². The van der Waals surface area contributed by atoms with Gasteiger partial charge in [0.05, 0.1) is 5.75 Å². The monoisotopic (exact) mass is 284 g/mol. The van der Waals surface area contributed by atoms with E-state index < -0.39 is 0 Å². The van der Waals surface area contributed by atoms with Crippen LogP contribution < -0.4 is 5.73 Å². The number of thioether (sulfide) groups is 1. The van der Waals surface area contributed by atoms with E-state index in [0.717, 1.165) is 30.1 Å². The lowest BCUT2D eigenvalue weighted by Gasteiger charge is -2.21. The van der Waals surface area contributed by atoms with E-state index in [2.05, 4.69) is 16.3 Å². The quantitative estimate of drug-likeness (QED) is 0.839. The van der Waals surface area contributed by atoms with Crippen LogP contribution in [-0.4, -0.2) is 33.3 Å². The largest absolute Gasteiger partial charge is 0.374 e. The molecule has 0 aliphatic heterocycles. The van der Waals surface area contributed by atoms with Crippen molar-refractivity contribution in [3.05, 3.63) is 11.8 Å². The molecule has 0 saturated heterocycles. The first kappa shape index (κ1) is 13.4. The molecule has 1 aliphatic rings. The van der Waals surface area contributed by atoms with E-state index in [4.69, 9.17) is 5.73 Å². The van der Waals surface area contributed by atoms with Crippen molar-refractivity contribution in [2.45, 2.75) is 30.5 Å². The Kier molecular flexibility index (Phi) is 4.60. The standard InChI is InChI=1S/C11H16N4OS2/c1-2-15(8-5-3-4-6-8)9(16)7-17-11-14-13-10(12)18-11/h5H,2-4,6-7H2,1H3,(H2,12,13). The average molecular weight is 284 g/mol. The van der Waals surface area contributed by atoms with Gasteiger partial charge in [0.25, 0.3) is 0 Å². The molecule has 98 valence electrons. The zero-order valence-corrected chi connectivity index (χ0v) is 11.9. The number of hydrogen-bond donors (Lipinski definition) is 1. The van der Waals surface area contributed by atoms with Gasteiger partial charge >= 0.3 is 0 Å². The summed E-state index contributed by atoms with van der Waals surface area (Å²) in [6, 6.07) is 0. The molecule has 0 spiro atoms. The molecule has 0 saturated carbocycles. The number of rotatable bonds is 5. The van der Waals surface area contributed by atoms with Gasteiger partial charge in [0.1, 0.15) is 0 Å². The predicted molar refractivity (Wildman–Crippen MR) is 74.4 cm³/mol. The summed E-state index contributed by atoms with van der Waals surface area (Å²) in [5.41, 5.74) is 6.66. The van der Waals surface area contributed by atoms with Crippen molar-refractivity contribution in [2.75, 3.05) is 18.0 Å². The van der Waals surface area contributed by atoms with Crippen LogP contribution in [0.15, 0.2) is 16.1 Å². The third-order valence-corrected chi connectivity index (χ3v) is 4.59. The molecule has 0 bridgehead atoms. The highest BCUT2D eigenvalue weighted by atomic mass is 32.2. The van der Waals surface area contributed by atoms with E-state index in [1.165, 1.54) is 28.8 Å². The van der Waals surface area contributed by atoms with Crippen LogP contribution in [0.5, 0.6) is 0 Å². The van der Waals surface area contributed by atoms with Crippen LogP contribution in [0, 0.1) is 0 Å². The predicted octanol–water partition coefficient (Wildman–Crippen LogP) is 2.13. The molecule has 2 N–H and O–H groups in total. The van der Waals surface area contributed by atoms with Crippen LogP contribution in [0.4, 0.5) is 5.13 Å². The van der Waals surface area contributed by atoms with Crippen molar-refractivity contribution in [2.24, 2.45) is 0 Å². The molecule has 5 nitrogen and oxygen atoms in total. The fourth-order valence-corrected chi connectivity index (χ4v) is 3.43. The first-order chi connectivity index (χ1) is 8.70. The number of nitrogen functional groups attached to an aromatic ring is 1. The third-order valence-electron chi connectivity index (χ3n) is 2.72. The van der Waals surface area contributed by atoms with E-state index in [-0.39, 0.29) is 5.91 Å². The van der Waals surface area contributed by atoms with E-state index in [0.29, 0.717) is 10.9 Å². The molecule has 0 aromatic carbocycles. The van der Waals surface area contributed by atoms with Crippen LogP contribution >= 0.6 is 23.1 Å². The summed E-state index contributed by atoms with van der Waals surface area (Å²) in [6.45, 7) is 2.73. The molecule has 0 unspecified atom stereocenters. The van der Waals surface area contributed by atoms with Crippen molar-refractivity contribution in [1.82, 2.24) is 15.1 Å². The van der Waals surface area contributed by atoms with Crippen molar-refractivity contribution in [1.29, 1.82) is 0 Å². The first-order valence-corrected chi connectivity index (χ1v) is 7.72. The van der Waals surface area contributed by atoms with Crippen LogP contribution in [0.3, 0.4) is 0 Å². The second-order valence-electron chi connectivity index (χ2n) is 3.92. The molecule has 1 aromatic heterocycles. The Balaban J connectivity index is 1.89. The van der Waals surface area contributed by atoms with E-state index in [1.807, 2.05) is 11.8 Å². The second kappa shape index (κ2) is 6.19. The zero-order chi connectivity index (χ0) is 13.0. The van der Waals surface area contributed by atoms with Gasteiger partial charge in [-0.3, -0.25) is 4.79 Å². The molecular weight excluding hydrogens is 268 g/mol. The molecule has 1 amide bonds. The van der Waals surface area contributed by atoms with Gasteiger partial charge in [-0.1, -0.05) is 29.2 Å². The van der Waals surface area contributed by atoms with Crippen molar-refractivity contribution in [3.63, 3.8) is 0 Å². The number of carbonyl (C=O) groups excluding carboxylic acids is 1. The fourth-order valence-electron chi connectivity index (χ4n) is 1.92. The number of carbonyl (C=O) groups is 1. The summed E-state index contributed by atoms with van der Waals surface area (Å²) in [5.74, 6) is 0.518. The van der Waals surface area contributed by atoms with E-state index in [1.54, 1.807) is 0 Å². The van der Waals surface area contributed by atoms with Crippen LogP contribution in [-0.2, 0) is 4.79 Å². The SMILES string of the molecule is CCN(C(=O)CSc1nnc(N)s1)C1=CCCC1. The minimum Gasteiger partial charge on any atom is -0.374 e. The molecule has 2 rings (SSSR count). The van der Waals surface area contributed by atoms with Crippen molar-refractivity contribution >= 4 is 34.1 Å². The van der Waals surface area contributed by atoms with E-state index >= 15 is 0 Å². The van der Waals surface area contributed by atoms with Crippen LogP contribution in [0.25, 0.3) is 0 Å². The summed E-state index contributed by atoms with van der Waals surface area (Å²) in [5, 5.41) is 8.06. The van der Waals surface area contributed by atoms with Crippen LogP contribution in [0.2, 0.25) is 0 Å². The highest BCUT2D eigenvalue weighted by Crippen LogP contribution is 2.26. The third kappa shape index (κ3) is 3.23. The van der Waals surface area contributed by atoms with Gasteiger partial charge < -0.3 is 10.6 Å². The lowest BCUT2D eigenvalue weighted by atomic mass is 10.3. The van der Waals surface area contributed by atoms with Gasteiger partial charge in [-0.05, 0) is 26.2 Å². The van der Waals surface area contributed by atoms with Gasteiger partial charge in [0.15, 0.2) is 4.34 Å².